The van der Waals surface area contributed by atoms with Crippen LogP contribution in [-0.2, 0) is 7.05 Å². The summed E-state index contributed by atoms with van der Waals surface area (Å²) in [5.41, 5.74) is 0.477. The third-order valence-corrected chi connectivity index (χ3v) is 2.61. The molecular formula is C13H11N3O4. The number of carbonyl (C=O) groups excluding carboxylic acids is 1. The number of hydrogen-bond acceptors (Lipinski definition) is 5. The van der Waals surface area contributed by atoms with E-state index in [9.17, 15) is 20.0 Å². The van der Waals surface area contributed by atoms with Crippen LogP contribution in [0.2, 0.25) is 0 Å². The topological polar surface area (TPSA) is 98.3 Å². The Balaban J connectivity index is 2.21. The van der Waals surface area contributed by atoms with Crippen molar-refractivity contribution in [2.45, 2.75) is 0 Å². The minimum atomic E-state index is -0.685. The summed E-state index contributed by atoms with van der Waals surface area (Å²) in [4.78, 5) is 21.8. The maximum Gasteiger partial charge on any atom is 0.311 e. The molecule has 2 rings (SSSR count). The average molecular weight is 273 g/mol. The van der Waals surface area contributed by atoms with Crippen LogP contribution in [-0.4, -0.2) is 25.6 Å². The van der Waals surface area contributed by atoms with Crippen LogP contribution < -0.4 is 0 Å². The standard InChI is InChI=1S/C13H11N3O4/c1-15-8-10(7-14-15)12(17)4-2-9-3-5-13(18)11(6-9)16(19)20/h2-8,18H,1H3. The number of hydrogen-bond donors (Lipinski definition) is 1. The number of rotatable bonds is 4. The summed E-state index contributed by atoms with van der Waals surface area (Å²) >= 11 is 0. The van der Waals surface area contributed by atoms with Crippen LogP contribution in [0.5, 0.6) is 5.75 Å². The van der Waals surface area contributed by atoms with Gasteiger partial charge in [-0.15, -0.1) is 0 Å². The number of nitrogens with zero attached hydrogens (tertiary/aromatic N) is 3. The number of phenolic OH excluding ortho intramolecular Hbond substituents is 1. The van der Waals surface area contributed by atoms with Crippen molar-refractivity contribution in [2.75, 3.05) is 0 Å². The lowest BCUT2D eigenvalue weighted by atomic mass is 10.1. The van der Waals surface area contributed by atoms with Crippen LogP contribution >= 0.6 is 0 Å². The molecule has 0 unspecified atom stereocenters. The van der Waals surface area contributed by atoms with Gasteiger partial charge < -0.3 is 5.11 Å². The summed E-state index contributed by atoms with van der Waals surface area (Å²) in [6.07, 6.45) is 5.76. The first-order chi connectivity index (χ1) is 9.47. The van der Waals surface area contributed by atoms with E-state index in [1.165, 1.54) is 41.2 Å². The van der Waals surface area contributed by atoms with E-state index in [2.05, 4.69) is 5.10 Å². The number of aromatic hydroxyl groups is 1. The van der Waals surface area contributed by atoms with Gasteiger partial charge in [0, 0.05) is 19.3 Å². The summed E-state index contributed by atoms with van der Waals surface area (Å²) in [6, 6.07) is 3.89. The van der Waals surface area contributed by atoms with E-state index >= 15 is 0 Å². The fourth-order valence-electron chi connectivity index (χ4n) is 1.61. The number of ketones is 1. The Bertz CT molecular complexity index is 703. The molecule has 0 fully saturated rings. The molecule has 2 aromatic rings. The largest absolute Gasteiger partial charge is 0.502 e. The van der Waals surface area contributed by atoms with Gasteiger partial charge in [0.05, 0.1) is 16.7 Å². The second-order valence-electron chi connectivity index (χ2n) is 4.11. The molecular weight excluding hydrogens is 262 g/mol. The molecule has 0 bridgehead atoms. The first-order valence-electron chi connectivity index (χ1n) is 5.66. The molecule has 1 aromatic carbocycles. The van der Waals surface area contributed by atoms with Crippen LogP contribution in [0.3, 0.4) is 0 Å². The SMILES string of the molecule is Cn1cc(C(=O)C=Cc2ccc(O)c([N+](=O)[O-])c2)cn1. The molecule has 102 valence electrons. The highest BCUT2D eigenvalue weighted by Crippen LogP contribution is 2.26. The quantitative estimate of drug-likeness (QED) is 0.397. The summed E-state index contributed by atoms with van der Waals surface area (Å²) < 4.78 is 1.51. The number of phenols is 1. The van der Waals surface area contributed by atoms with Gasteiger partial charge in [0.15, 0.2) is 11.5 Å². The molecule has 0 saturated heterocycles. The van der Waals surface area contributed by atoms with E-state index in [0.29, 0.717) is 11.1 Å². The van der Waals surface area contributed by atoms with Gasteiger partial charge in [-0.05, 0) is 17.7 Å². The highest BCUT2D eigenvalue weighted by molar-refractivity contribution is 6.06. The number of nitro benzene ring substituents is 1. The van der Waals surface area contributed by atoms with Gasteiger partial charge in [-0.2, -0.15) is 5.10 Å². The zero-order chi connectivity index (χ0) is 14.7. The molecule has 0 radical (unpaired) electrons. The van der Waals surface area contributed by atoms with Crippen molar-refractivity contribution in [3.05, 3.63) is 57.9 Å². The van der Waals surface area contributed by atoms with Crippen LogP contribution in [0, 0.1) is 10.1 Å². The van der Waals surface area contributed by atoms with Gasteiger partial charge in [0.2, 0.25) is 0 Å². The molecule has 0 aliphatic heterocycles. The van der Waals surface area contributed by atoms with E-state index in [1.54, 1.807) is 13.2 Å². The van der Waals surface area contributed by atoms with E-state index in [1.807, 2.05) is 0 Å². The van der Waals surface area contributed by atoms with Gasteiger partial charge in [0.1, 0.15) is 0 Å². The van der Waals surface area contributed by atoms with Crippen molar-refractivity contribution in [2.24, 2.45) is 7.05 Å². The van der Waals surface area contributed by atoms with Gasteiger partial charge in [-0.1, -0.05) is 12.1 Å². The Labute approximate surface area is 113 Å². The first-order valence-corrected chi connectivity index (χ1v) is 5.66. The van der Waals surface area contributed by atoms with E-state index in [4.69, 9.17) is 0 Å². The van der Waals surface area contributed by atoms with Crippen LogP contribution in [0.4, 0.5) is 5.69 Å². The lowest BCUT2D eigenvalue weighted by Crippen LogP contribution is -1.92. The minimum Gasteiger partial charge on any atom is -0.502 e. The molecule has 0 saturated carbocycles. The van der Waals surface area contributed by atoms with Gasteiger partial charge >= 0.3 is 5.69 Å². The number of allylic oxidation sites excluding steroid dienone is 1. The molecule has 0 aliphatic carbocycles. The fraction of sp³-hybridized carbons (Fsp3) is 0.0769. The zero-order valence-electron chi connectivity index (χ0n) is 10.6. The Morgan fingerprint density at radius 2 is 2.25 bits per heavy atom. The molecule has 20 heavy (non-hydrogen) atoms. The Morgan fingerprint density at radius 3 is 2.85 bits per heavy atom. The smallest absolute Gasteiger partial charge is 0.311 e. The van der Waals surface area contributed by atoms with Gasteiger partial charge in [-0.25, -0.2) is 0 Å². The van der Waals surface area contributed by atoms with Crippen molar-refractivity contribution in [3.63, 3.8) is 0 Å². The lowest BCUT2D eigenvalue weighted by molar-refractivity contribution is -0.385. The van der Waals surface area contributed by atoms with Crippen molar-refractivity contribution in [1.82, 2.24) is 9.78 Å². The third kappa shape index (κ3) is 2.89. The van der Waals surface area contributed by atoms with Crippen molar-refractivity contribution < 1.29 is 14.8 Å². The van der Waals surface area contributed by atoms with Crippen molar-refractivity contribution >= 4 is 17.5 Å². The minimum absolute atomic E-state index is 0.256. The summed E-state index contributed by atoms with van der Waals surface area (Å²) in [7, 11) is 1.70. The molecule has 7 nitrogen and oxygen atoms in total. The van der Waals surface area contributed by atoms with E-state index in [0.717, 1.165) is 0 Å². The maximum atomic E-state index is 11.8. The first kappa shape index (κ1) is 13.5. The van der Waals surface area contributed by atoms with E-state index < -0.39 is 16.4 Å². The fourth-order valence-corrected chi connectivity index (χ4v) is 1.61. The van der Waals surface area contributed by atoms with Crippen LogP contribution in [0.25, 0.3) is 6.08 Å². The Kier molecular flexibility index (Phi) is 3.60. The third-order valence-electron chi connectivity index (χ3n) is 2.61. The highest BCUT2D eigenvalue weighted by atomic mass is 16.6. The number of nitro groups is 1. The normalized spacial score (nSPS) is 10.8. The monoisotopic (exact) mass is 273 g/mol. The van der Waals surface area contributed by atoms with Gasteiger partial charge in [0.25, 0.3) is 0 Å². The van der Waals surface area contributed by atoms with Crippen LogP contribution in [0.15, 0.2) is 36.7 Å². The number of aryl methyl sites for hydroxylation is 1. The molecule has 0 atom stereocenters. The summed E-state index contributed by atoms with van der Waals surface area (Å²) in [6.45, 7) is 0. The second-order valence-corrected chi connectivity index (χ2v) is 4.11. The zero-order valence-corrected chi connectivity index (χ0v) is 10.6. The maximum absolute atomic E-state index is 11.8. The molecule has 0 spiro atoms. The molecule has 0 aliphatic rings. The van der Waals surface area contributed by atoms with Crippen molar-refractivity contribution in [1.29, 1.82) is 0 Å². The lowest BCUT2D eigenvalue weighted by Gasteiger charge is -1.97. The van der Waals surface area contributed by atoms with Crippen LogP contribution in [0.1, 0.15) is 15.9 Å². The number of carbonyl (C=O) groups is 1. The predicted octanol–water partition coefficient (Wildman–Crippen LogP) is 1.93. The number of benzene rings is 1. The molecule has 1 heterocycles. The molecule has 1 aromatic heterocycles. The second kappa shape index (κ2) is 5.35. The molecule has 1 N–H and O–H groups in total. The Morgan fingerprint density at radius 1 is 1.50 bits per heavy atom. The Hall–Kier alpha value is -2.96. The highest BCUT2D eigenvalue weighted by Gasteiger charge is 2.12. The summed E-state index contributed by atoms with van der Waals surface area (Å²) in [5, 5.41) is 23.9. The average Bonchev–Trinajstić information content (AvgIpc) is 2.84. The predicted molar refractivity (Wildman–Crippen MR) is 71.3 cm³/mol. The van der Waals surface area contributed by atoms with Gasteiger partial charge in [-0.3, -0.25) is 19.6 Å². The summed E-state index contributed by atoms with van der Waals surface area (Å²) in [5.74, 6) is -0.667. The molecule has 0 amide bonds. The van der Waals surface area contributed by atoms with E-state index in [-0.39, 0.29) is 5.78 Å². The molecule has 7 heteroatoms. The number of aromatic nitrogens is 2. The van der Waals surface area contributed by atoms with Crippen molar-refractivity contribution in [3.8, 4) is 5.75 Å².